The average molecular weight is 573 g/mol. The topological polar surface area (TPSA) is 117 Å². The molecule has 43 heavy (non-hydrogen) atoms. The molecule has 3 atom stereocenters. The zero-order valence-electron chi connectivity index (χ0n) is 23.5. The molecule has 0 aliphatic carbocycles. The Hall–Kier alpha value is -5.47. The monoisotopic (exact) mass is 572 g/mol. The Kier molecular flexibility index (Phi) is 9.41. The molecular formula is C35H32N4O4. The largest absolute Gasteiger partial charge is 0.504 e. The molecule has 0 saturated heterocycles. The van der Waals surface area contributed by atoms with Crippen LogP contribution in [-0.4, -0.2) is 33.2 Å². The quantitative estimate of drug-likeness (QED) is 0.133. The van der Waals surface area contributed by atoms with Crippen LogP contribution in [0.4, 0.5) is 11.5 Å². The summed E-state index contributed by atoms with van der Waals surface area (Å²) < 4.78 is 5.17. The summed E-state index contributed by atoms with van der Waals surface area (Å²) in [5, 5.41) is 28.3. The smallest absolute Gasteiger partial charge is 0.248 e. The van der Waals surface area contributed by atoms with Crippen molar-refractivity contribution >= 4 is 23.5 Å². The number of aromatic nitrogens is 2. The molecule has 3 aromatic carbocycles. The van der Waals surface area contributed by atoms with Crippen molar-refractivity contribution in [3.05, 3.63) is 150 Å². The van der Waals surface area contributed by atoms with Crippen LogP contribution in [0.25, 0.3) is 6.08 Å². The lowest BCUT2D eigenvalue weighted by Gasteiger charge is -2.33. The molecule has 0 radical (unpaired) electrons. The molecule has 1 amide bonds. The molecular weight excluding hydrogens is 540 g/mol. The zero-order valence-corrected chi connectivity index (χ0v) is 23.5. The molecule has 8 heteroatoms. The Morgan fingerprint density at radius 3 is 2.30 bits per heavy atom. The fourth-order valence-corrected chi connectivity index (χ4v) is 4.94. The zero-order chi connectivity index (χ0) is 30.0. The number of hydrogen-bond donors (Lipinski definition) is 4. The number of phenolic OH excluding ortho intramolecular Hbond substituents is 1. The fraction of sp³-hybridized carbons (Fsp3) is 0.114. The van der Waals surface area contributed by atoms with Crippen molar-refractivity contribution in [2.24, 2.45) is 0 Å². The van der Waals surface area contributed by atoms with E-state index in [9.17, 15) is 15.0 Å². The Labute approximate surface area is 250 Å². The van der Waals surface area contributed by atoms with Gasteiger partial charge < -0.3 is 25.6 Å². The third-order valence-electron chi connectivity index (χ3n) is 7.02. The normalized spacial score (nSPS) is 13.2. The summed E-state index contributed by atoms with van der Waals surface area (Å²) in [5.74, 6) is 0.0206. The van der Waals surface area contributed by atoms with Gasteiger partial charge in [-0.25, -0.2) is 4.98 Å². The number of aliphatic hydroxyl groups excluding tert-OH is 1. The maximum Gasteiger partial charge on any atom is 0.248 e. The Morgan fingerprint density at radius 1 is 0.860 bits per heavy atom. The first-order chi connectivity index (χ1) is 21.0. The van der Waals surface area contributed by atoms with Crippen LogP contribution in [-0.2, 0) is 4.79 Å². The van der Waals surface area contributed by atoms with Crippen molar-refractivity contribution in [1.82, 2.24) is 9.97 Å². The summed E-state index contributed by atoms with van der Waals surface area (Å²) in [4.78, 5) is 22.3. The second kappa shape index (κ2) is 13.9. The van der Waals surface area contributed by atoms with Gasteiger partial charge in [0.1, 0.15) is 5.82 Å². The number of amides is 1. The van der Waals surface area contributed by atoms with E-state index in [2.05, 4.69) is 20.6 Å². The van der Waals surface area contributed by atoms with E-state index in [1.54, 1.807) is 30.6 Å². The van der Waals surface area contributed by atoms with Gasteiger partial charge in [-0.05, 0) is 65.2 Å². The van der Waals surface area contributed by atoms with Gasteiger partial charge in [-0.1, -0.05) is 66.7 Å². The minimum Gasteiger partial charge on any atom is -0.504 e. The molecule has 0 bridgehead atoms. The molecule has 216 valence electrons. The molecule has 0 unspecified atom stereocenters. The number of pyridine rings is 2. The average Bonchev–Trinajstić information content (AvgIpc) is 3.05. The van der Waals surface area contributed by atoms with Crippen molar-refractivity contribution in [3.8, 4) is 11.5 Å². The van der Waals surface area contributed by atoms with Crippen LogP contribution in [0.1, 0.15) is 40.4 Å². The minimum atomic E-state index is -0.939. The fourth-order valence-electron chi connectivity index (χ4n) is 4.94. The van der Waals surface area contributed by atoms with Crippen LogP contribution in [0.15, 0.2) is 128 Å². The molecule has 0 spiro atoms. The molecule has 2 aromatic heterocycles. The van der Waals surface area contributed by atoms with Crippen LogP contribution in [0.2, 0.25) is 0 Å². The van der Waals surface area contributed by atoms with Crippen LogP contribution >= 0.6 is 0 Å². The van der Waals surface area contributed by atoms with E-state index in [0.717, 1.165) is 11.1 Å². The number of methoxy groups -OCH3 is 1. The number of nitrogens with one attached hydrogen (secondary N) is 2. The van der Waals surface area contributed by atoms with Crippen molar-refractivity contribution in [3.63, 3.8) is 0 Å². The van der Waals surface area contributed by atoms with E-state index >= 15 is 0 Å². The number of rotatable bonds is 11. The van der Waals surface area contributed by atoms with Crippen LogP contribution in [0.3, 0.4) is 0 Å². The van der Waals surface area contributed by atoms with Gasteiger partial charge in [-0.3, -0.25) is 9.78 Å². The van der Waals surface area contributed by atoms with Crippen molar-refractivity contribution < 1.29 is 19.7 Å². The standard InChI is InChI=1S/C35H32N4O4/c1-43-30-23-24(17-19-29(30)40)18-20-32(41)38-27-14-6-5-13-26(27)34(39-31-16-8-10-22-37-31)33(28-15-7-9-21-36-28)35(42)25-11-3-2-4-12-25/h2-23,33-35,40,42H,1H3,(H,37,39)(H,38,41)/t33-,34+,35+/m0/s1. The number of anilines is 2. The number of nitrogens with zero attached hydrogens (tertiary/aromatic N) is 2. The predicted octanol–water partition coefficient (Wildman–Crippen LogP) is 6.51. The number of aromatic hydroxyl groups is 1. The van der Waals surface area contributed by atoms with Crippen LogP contribution < -0.4 is 15.4 Å². The summed E-state index contributed by atoms with van der Waals surface area (Å²) in [7, 11) is 1.47. The third kappa shape index (κ3) is 7.25. The Morgan fingerprint density at radius 2 is 1.58 bits per heavy atom. The molecule has 0 saturated carbocycles. The second-order valence-electron chi connectivity index (χ2n) is 9.81. The van der Waals surface area contributed by atoms with Gasteiger partial charge in [-0.2, -0.15) is 0 Å². The van der Waals surface area contributed by atoms with Gasteiger partial charge in [0.15, 0.2) is 11.5 Å². The lowest BCUT2D eigenvalue weighted by Crippen LogP contribution is -2.27. The number of carbonyl (C=O) groups excluding carboxylic acids is 1. The van der Waals surface area contributed by atoms with E-state index in [4.69, 9.17) is 4.74 Å². The Balaban J connectivity index is 1.53. The van der Waals surface area contributed by atoms with Gasteiger partial charge in [0, 0.05) is 29.9 Å². The van der Waals surface area contributed by atoms with E-state index < -0.39 is 18.1 Å². The summed E-state index contributed by atoms with van der Waals surface area (Å²) in [6.45, 7) is 0. The minimum absolute atomic E-state index is 0.0182. The van der Waals surface area contributed by atoms with Crippen LogP contribution in [0.5, 0.6) is 11.5 Å². The number of ether oxygens (including phenoxy) is 1. The summed E-state index contributed by atoms with van der Waals surface area (Å²) in [6, 6.07) is 32.4. The lowest BCUT2D eigenvalue weighted by molar-refractivity contribution is -0.111. The molecule has 5 rings (SSSR count). The number of phenols is 1. The first kappa shape index (κ1) is 29.0. The number of aliphatic hydroxyl groups is 1. The number of hydrogen-bond acceptors (Lipinski definition) is 7. The molecule has 4 N–H and O–H groups in total. The molecule has 8 nitrogen and oxygen atoms in total. The lowest BCUT2D eigenvalue weighted by atomic mass is 9.82. The van der Waals surface area contributed by atoms with Gasteiger partial charge in [0.25, 0.3) is 0 Å². The maximum absolute atomic E-state index is 13.2. The molecule has 0 aliphatic heterocycles. The van der Waals surface area contributed by atoms with E-state index in [1.165, 1.54) is 19.3 Å². The highest BCUT2D eigenvalue weighted by atomic mass is 16.5. The molecule has 0 aliphatic rings. The highest BCUT2D eigenvalue weighted by Crippen LogP contribution is 2.43. The van der Waals surface area contributed by atoms with Gasteiger partial charge in [-0.15, -0.1) is 0 Å². The number of carbonyl (C=O) groups is 1. The highest BCUT2D eigenvalue weighted by molar-refractivity contribution is 6.02. The van der Waals surface area contributed by atoms with E-state index in [1.807, 2.05) is 91.0 Å². The van der Waals surface area contributed by atoms with Crippen LogP contribution in [0, 0.1) is 0 Å². The highest BCUT2D eigenvalue weighted by Gasteiger charge is 2.35. The van der Waals surface area contributed by atoms with Crippen molar-refractivity contribution in [2.75, 3.05) is 17.7 Å². The maximum atomic E-state index is 13.2. The number of para-hydroxylation sites is 1. The summed E-state index contributed by atoms with van der Waals surface area (Å²) >= 11 is 0. The first-order valence-corrected chi connectivity index (χ1v) is 13.8. The third-order valence-corrected chi connectivity index (χ3v) is 7.02. The molecule has 5 aromatic rings. The van der Waals surface area contributed by atoms with Crippen molar-refractivity contribution in [1.29, 1.82) is 0 Å². The number of benzene rings is 3. The molecule has 0 fully saturated rings. The molecule has 2 heterocycles. The van der Waals surface area contributed by atoms with Gasteiger partial charge in [0.2, 0.25) is 5.91 Å². The van der Waals surface area contributed by atoms with Gasteiger partial charge in [0.05, 0.1) is 25.2 Å². The van der Waals surface area contributed by atoms with Gasteiger partial charge >= 0.3 is 0 Å². The summed E-state index contributed by atoms with van der Waals surface area (Å²) in [6.07, 6.45) is 5.51. The summed E-state index contributed by atoms with van der Waals surface area (Å²) in [5.41, 5.74) is 3.41. The predicted molar refractivity (Wildman–Crippen MR) is 168 cm³/mol. The SMILES string of the molecule is COc1cc(C=CC(=O)Nc2ccccc2[C@@H](Nc2ccccn2)[C@H](c2ccccn2)[C@H](O)c2ccccc2)ccc1O. The van der Waals surface area contributed by atoms with Crippen molar-refractivity contribution in [2.45, 2.75) is 18.1 Å². The second-order valence-corrected chi connectivity index (χ2v) is 9.81. The van der Waals surface area contributed by atoms with E-state index in [-0.39, 0.29) is 11.7 Å². The first-order valence-electron chi connectivity index (χ1n) is 13.8. The Bertz CT molecular complexity index is 1660. The van der Waals surface area contributed by atoms with E-state index in [0.29, 0.717) is 28.5 Å².